The number of halogens is 1. The quantitative estimate of drug-likeness (QED) is 0.723. The fourth-order valence-electron chi connectivity index (χ4n) is 2.45. The highest BCUT2D eigenvalue weighted by Gasteiger charge is 2.19. The van der Waals surface area contributed by atoms with Gasteiger partial charge in [0.25, 0.3) is 10.0 Å². The Morgan fingerprint density at radius 2 is 1.42 bits per heavy atom. The summed E-state index contributed by atoms with van der Waals surface area (Å²) in [6, 6.07) is 9.34. The van der Waals surface area contributed by atoms with Crippen molar-refractivity contribution >= 4 is 27.3 Å². The van der Waals surface area contributed by atoms with Crippen LogP contribution in [0.1, 0.15) is 50.7 Å². The van der Waals surface area contributed by atoms with E-state index in [1.165, 1.54) is 24.3 Å². The van der Waals surface area contributed by atoms with E-state index in [9.17, 15) is 13.5 Å². The number of benzene rings is 2. The number of phenolic OH excluding ortho intramolecular Hbond substituents is 1. The Kier molecular flexibility index (Phi) is 5.45. The average Bonchev–Trinajstić information content (AvgIpc) is 2.48. The van der Waals surface area contributed by atoms with Gasteiger partial charge in [0.1, 0.15) is 5.75 Å². The predicted molar refractivity (Wildman–Crippen MR) is 98.5 cm³/mol. The van der Waals surface area contributed by atoms with Gasteiger partial charge in [-0.05, 0) is 59.4 Å². The van der Waals surface area contributed by atoms with Crippen molar-refractivity contribution in [1.82, 2.24) is 0 Å². The molecule has 2 rings (SSSR count). The van der Waals surface area contributed by atoms with Gasteiger partial charge in [-0.1, -0.05) is 39.3 Å². The molecule has 0 atom stereocenters. The molecule has 24 heavy (non-hydrogen) atoms. The summed E-state index contributed by atoms with van der Waals surface area (Å²) < 4.78 is 27.7. The summed E-state index contributed by atoms with van der Waals surface area (Å²) in [5.74, 6) is 0.374. The van der Waals surface area contributed by atoms with Crippen molar-refractivity contribution in [2.75, 3.05) is 4.72 Å². The van der Waals surface area contributed by atoms with Gasteiger partial charge < -0.3 is 5.11 Å². The molecule has 2 aromatic rings. The number of sulfonamides is 1. The van der Waals surface area contributed by atoms with Gasteiger partial charge in [-0.2, -0.15) is 0 Å². The Bertz CT molecular complexity index is 799. The third-order valence-electron chi connectivity index (χ3n) is 3.79. The van der Waals surface area contributed by atoms with Gasteiger partial charge >= 0.3 is 0 Å². The standard InChI is InChI=1S/C18H22ClNO3S/c1-11(2)16-9-14(10-17(12(3)4)18(16)21)20-24(22,23)15-7-5-13(19)6-8-15/h5-12,20-21H,1-4H3. The normalized spacial score (nSPS) is 12.0. The SMILES string of the molecule is CC(C)c1cc(NS(=O)(=O)c2ccc(Cl)cc2)cc(C(C)C)c1O. The van der Waals surface area contributed by atoms with Crippen molar-refractivity contribution in [1.29, 1.82) is 0 Å². The number of anilines is 1. The van der Waals surface area contributed by atoms with E-state index >= 15 is 0 Å². The maximum Gasteiger partial charge on any atom is 0.261 e. The third kappa shape index (κ3) is 4.02. The number of hydrogen-bond donors (Lipinski definition) is 2. The molecular formula is C18H22ClNO3S. The van der Waals surface area contributed by atoms with Crippen molar-refractivity contribution in [2.45, 2.75) is 44.4 Å². The van der Waals surface area contributed by atoms with Crippen molar-refractivity contribution < 1.29 is 13.5 Å². The summed E-state index contributed by atoms with van der Waals surface area (Å²) in [5.41, 5.74) is 1.88. The Morgan fingerprint density at radius 3 is 1.83 bits per heavy atom. The van der Waals surface area contributed by atoms with Crippen LogP contribution in [0.3, 0.4) is 0 Å². The lowest BCUT2D eigenvalue weighted by molar-refractivity contribution is 0.454. The molecule has 0 aliphatic carbocycles. The molecule has 0 unspecified atom stereocenters. The molecule has 0 saturated heterocycles. The van der Waals surface area contributed by atoms with E-state index < -0.39 is 10.0 Å². The van der Waals surface area contributed by atoms with Crippen LogP contribution in [0, 0.1) is 0 Å². The zero-order valence-corrected chi connectivity index (χ0v) is 15.7. The van der Waals surface area contributed by atoms with E-state index in [4.69, 9.17) is 11.6 Å². The van der Waals surface area contributed by atoms with Gasteiger partial charge in [-0.15, -0.1) is 0 Å². The van der Waals surface area contributed by atoms with Gasteiger partial charge in [-0.3, -0.25) is 4.72 Å². The number of rotatable bonds is 5. The van der Waals surface area contributed by atoms with Gasteiger partial charge in [0.15, 0.2) is 0 Å². The summed E-state index contributed by atoms with van der Waals surface area (Å²) in [4.78, 5) is 0.136. The van der Waals surface area contributed by atoms with Gasteiger partial charge in [0.05, 0.1) is 4.90 Å². The van der Waals surface area contributed by atoms with E-state index in [-0.39, 0.29) is 22.5 Å². The van der Waals surface area contributed by atoms with Crippen LogP contribution in [0.2, 0.25) is 5.02 Å². The van der Waals surface area contributed by atoms with Gasteiger partial charge in [-0.25, -0.2) is 8.42 Å². The smallest absolute Gasteiger partial charge is 0.261 e. The minimum absolute atomic E-state index is 0.0717. The molecular weight excluding hydrogens is 346 g/mol. The lowest BCUT2D eigenvalue weighted by Crippen LogP contribution is -2.13. The Labute approximate surface area is 148 Å². The average molecular weight is 368 g/mol. The number of phenols is 1. The Balaban J connectivity index is 2.47. The summed E-state index contributed by atoms with van der Waals surface area (Å²) >= 11 is 5.81. The fourth-order valence-corrected chi connectivity index (χ4v) is 3.61. The van der Waals surface area contributed by atoms with Crippen LogP contribution in [-0.2, 0) is 10.0 Å². The third-order valence-corrected chi connectivity index (χ3v) is 5.44. The second-order valence-corrected chi connectivity index (χ2v) is 8.49. The molecule has 2 N–H and O–H groups in total. The first-order chi connectivity index (χ1) is 11.1. The molecule has 6 heteroatoms. The first-order valence-corrected chi connectivity index (χ1v) is 9.63. The summed E-state index contributed by atoms with van der Waals surface area (Å²) in [5, 5.41) is 10.9. The highest BCUT2D eigenvalue weighted by molar-refractivity contribution is 7.92. The molecule has 130 valence electrons. The summed E-state index contributed by atoms with van der Waals surface area (Å²) in [6.45, 7) is 7.82. The van der Waals surface area contributed by atoms with Crippen LogP contribution in [0.25, 0.3) is 0 Å². The monoisotopic (exact) mass is 367 g/mol. The van der Waals surface area contributed by atoms with Crippen LogP contribution < -0.4 is 4.72 Å². The summed E-state index contributed by atoms with van der Waals surface area (Å²) in [7, 11) is -3.72. The van der Waals surface area contributed by atoms with Crippen molar-refractivity contribution in [2.24, 2.45) is 0 Å². The van der Waals surface area contributed by atoms with Crippen LogP contribution in [0.15, 0.2) is 41.3 Å². The minimum Gasteiger partial charge on any atom is -0.507 e. The maximum atomic E-state index is 12.5. The molecule has 0 aliphatic rings. The predicted octanol–water partition coefficient (Wildman–Crippen LogP) is 5.09. The van der Waals surface area contributed by atoms with Gasteiger partial charge in [0, 0.05) is 10.7 Å². The molecule has 0 aromatic heterocycles. The first-order valence-electron chi connectivity index (χ1n) is 7.77. The molecule has 0 saturated carbocycles. The molecule has 0 radical (unpaired) electrons. The second-order valence-electron chi connectivity index (χ2n) is 6.37. The van der Waals surface area contributed by atoms with Crippen molar-refractivity contribution in [3.05, 3.63) is 52.5 Å². The molecule has 0 aliphatic heterocycles. The van der Waals surface area contributed by atoms with E-state index in [1.54, 1.807) is 12.1 Å². The van der Waals surface area contributed by atoms with Crippen LogP contribution in [0.5, 0.6) is 5.75 Å². The van der Waals surface area contributed by atoms with Gasteiger partial charge in [0.2, 0.25) is 0 Å². The minimum atomic E-state index is -3.72. The lowest BCUT2D eigenvalue weighted by Gasteiger charge is -2.18. The molecule has 0 fully saturated rings. The first kappa shape index (κ1) is 18.6. The van der Waals surface area contributed by atoms with E-state index in [0.717, 1.165) is 11.1 Å². The highest BCUT2D eigenvalue weighted by Crippen LogP contribution is 2.37. The molecule has 0 amide bonds. The fraction of sp³-hybridized carbons (Fsp3) is 0.333. The number of hydrogen-bond acceptors (Lipinski definition) is 3. The van der Waals surface area contributed by atoms with Crippen molar-refractivity contribution in [3.8, 4) is 5.75 Å². The van der Waals surface area contributed by atoms with E-state index in [1.807, 2.05) is 27.7 Å². The topological polar surface area (TPSA) is 66.4 Å². The van der Waals surface area contributed by atoms with Crippen LogP contribution in [0.4, 0.5) is 5.69 Å². The zero-order valence-electron chi connectivity index (χ0n) is 14.2. The number of aromatic hydroxyl groups is 1. The molecule has 4 nitrogen and oxygen atoms in total. The number of nitrogens with one attached hydrogen (secondary N) is 1. The zero-order chi connectivity index (χ0) is 18.1. The van der Waals surface area contributed by atoms with Crippen molar-refractivity contribution in [3.63, 3.8) is 0 Å². The maximum absolute atomic E-state index is 12.5. The van der Waals surface area contributed by atoms with E-state index in [2.05, 4.69) is 4.72 Å². The second kappa shape index (κ2) is 7.03. The van der Waals surface area contributed by atoms with Crippen LogP contribution in [-0.4, -0.2) is 13.5 Å². The molecule has 0 spiro atoms. The summed E-state index contributed by atoms with van der Waals surface area (Å²) in [6.07, 6.45) is 0. The Hall–Kier alpha value is -1.72. The lowest BCUT2D eigenvalue weighted by atomic mass is 9.93. The molecule has 0 bridgehead atoms. The largest absolute Gasteiger partial charge is 0.507 e. The Morgan fingerprint density at radius 1 is 0.958 bits per heavy atom. The molecule has 2 aromatic carbocycles. The molecule has 0 heterocycles. The van der Waals surface area contributed by atoms with E-state index in [0.29, 0.717) is 10.7 Å². The highest BCUT2D eigenvalue weighted by atomic mass is 35.5. The van der Waals surface area contributed by atoms with Crippen LogP contribution >= 0.6 is 11.6 Å².